The van der Waals surface area contributed by atoms with Gasteiger partial charge in [0.05, 0.1) is 0 Å². The molecule has 96 valence electrons. The highest BCUT2D eigenvalue weighted by atomic mass is 16.3. The van der Waals surface area contributed by atoms with E-state index < -0.39 is 17.8 Å². The number of aliphatic hydroxyl groups is 1. The van der Waals surface area contributed by atoms with Gasteiger partial charge in [0.1, 0.15) is 6.10 Å². The van der Waals surface area contributed by atoms with Crippen LogP contribution in [0.3, 0.4) is 0 Å². The average molecular weight is 255 g/mol. The summed E-state index contributed by atoms with van der Waals surface area (Å²) in [4.78, 5) is 23.4. The number of carbonyl (C=O) groups is 2. The summed E-state index contributed by atoms with van der Waals surface area (Å²) in [6, 6.07) is 14.7. The summed E-state index contributed by atoms with van der Waals surface area (Å²) in [5, 5.41) is 10.1. The van der Waals surface area contributed by atoms with Crippen LogP contribution in [0.2, 0.25) is 0 Å². The van der Waals surface area contributed by atoms with Crippen LogP contribution in [-0.2, 0) is 0 Å². The summed E-state index contributed by atoms with van der Waals surface area (Å²) in [6.07, 6.45) is -1.40. The smallest absolute Gasteiger partial charge is 0.249 e. The van der Waals surface area contributed by atoms with Crippen LogP contribution in [0, 0.1) is 0 Å². The maximum absolute atomic E-state index is 12.1. The predicted octanol–water partition coefficient (Wildman–Crippen LogP) is 1.70. The second kappa shape index (κ2) is 5.46. The van der Waals surface area contributed by atoms with E-state index in [4.69, 9.17) is 5.73 Å². The van der Waals surface area contributed by atoms with Crippen LogP contribution < -0.4 is 5.73 Å². The van der Waals surface area contributed by atoms with E-state index in [1.165, 1.54) is 12.1 Å². The minimum atomic E-state index is -1.40. The van der Waals surface area contributed by atoms with Gasteiger partial charge in [-0.15, -0.1) is 0 Å². The van der Waals surface area contributed by atoms with E-state index in [0.29, 0.717) is 5.56 Å². The van der Waals surface area contributed by atoms with Crippen molar-refractivity contribution in [2.24, 2.45) is 5.73 Å². The van der Waals surface area contributed by atoms with Gasteiger partial charge in [-0.2, -0.15) is 0 Å². The first-order valence-electron chi connectivity index (χ1n) is 5.77. The number of aliphatic hydroxyl groups excluding tert-OH is 1. The predicted molar refractivity (Wildman–Crippen MR) is 70.7 cm³/mol. The Bertz CT molecular complexity index is 608. The molecule has 0 aliphatic rings. The lowest BCUT2D eigenvalue weighted by Crippen LogP contribution is -2.19. The largest absolute Gasteiger partial charge is 0.380 e. The van der Waals surface area contributed by atoms with Crippen LogP contribution >= 0.6 is 0 Å². The summed E-state index contributed by atoms with van der Waals surface area (Å²) < 4.78 is 0. The highest BCUT2D eigenvalue weighted by Gasteiger charge is 2.22. The molecule has 0 fully saturated rings. The minimum Gasteiger partial charge on any atom is -0.380 e. The van der Waals surface area contributed by atoms with Gasteiger partial charge in [-0.3, -0.25) is 9.59 Å². The highest BCUT2D eigenvalue weighted by molar-refractivity contribution is 6.02. The zero-order valence-corrected chi connectivity index (χ0v) is 10.1. The molecule has 0 saturated carbocycles. The molecule has 1 atom stereocenters. The lowest BCUT2D eigenvalue weighted by Gasteiger charge is -2.13. The number of benzene rings is 2. The third-order valence-electron chi connectivity index (χ3n) is 2.83. The van der Waals surface area contributed by atoms with Crippen molar-refractivity contribution in [3.05, 3.63) is 71.3 Å². The maximum Gasteiger partial charge on any atom is 0.249 e. The molecule has 1 unspecified atom stereocenters. The third kappa shape index (κ3) is 2.69. The number of primary amides is 1. The highest BCUT2D eigenvalue weighted by Crippen LogP contribution is 2.21. The van der Waals surface area contributed by atoms with E-state index in [1.54, 1.807) is 42.5 Å². The molecule has 2 rings (SSSR count). The Morgan fingerprint density at radius 2 is 1.53 bits per heavy atom. The molecule has 3 N–H and O–H groups in total. The lowest BCUT2D eigenvalue weighted by molar-refractivity contribution is 0.0744. The Balaban J connectivity index is 2.38. The summed E-state index contributed by atoms with van der Waals surface area (Å²) in [5.41, 5.74) is 5.99. The number of nitrogens with two attached hydrogens (primary N) is 1. The molecular formula is C15H13NO3. The zero-order chi connectivity index (χ0) is 13.8. The Morgan fingerprint density at radius 3 is 2.16 bits per heavy atom. The maximum atomic E-state index is 12.1. The molecule has 2 aromatic carbocycles. The van der Waals surface area contributed by atoms with Gasteiger partial charge in [-0.25, -0.2) is 0 Å². The fourth-order valence-electron chi connectivity index (χ4n) is 1.86. The van der Waals surface area contributed by atoms with E-state index in [9.17, 15) is 14.7 Å². The number of carbonyl (C=O) groups excluding carboxylic acids is 2. The second-order valence-corrected chi connectivity index (χ2v) is 4.08. The van der Waals surface area contributed by atoms with Gasteiger partial charge >= 0.3 is 0 Å². The van der Waals surface area contributed by atoms with Crippen molar-refractivity contribution in [3.63, 3.8) is 0 Å². The van der Waals surface area contributed by atoms with Crippen molar-refractivity contribution >= 4 is 11.7 Å². The van der Waals surface area contributed by atoms with Gasteiger partial charge in [0.2, 0.25) is 5.91 Å². The van der Waals surface area contributed by atoms with Crippen LogP contribution in [0.25, 0.3) is 0 Å². The van der Waals surface area contributed by atoms with Gasteiger partial charge in [0.25, 0.3) is 0 Å². The lowest BCUT2D eigenvalue weighted by atomic mass is 9.96. The van der Waals surface area contributed by atoms with Crippen molar-refractivity contribution in [3.8, 4) is 0 Å². The molecule has 2 aromatic rings. The fraction of sp³-hybridized carbons (Fsp3) is 0.0667. The average Bonchev–Trinajstić information content (AvgIpc) is 2.46. The number of amides is 1. The standard InChI is InChI=1S/C15H13NO3/c16-15(19)12-9-5-4-8-11(12)14(18)13(17)10-6-2-1-3-7-10/h1-9,14,18H,(H2,16,19). The zero-order valence-electron chi connectivity index (χ0n) is 10.1. The molecule has 0 heterocycles. The van der Waals surface area contributed by atoms with Gasteiger partial charge in [0, 0.05) is 16.7 Å². The quantitative estimate of drug-likeness (QED) is 0.816. The molecular weight excluding hydrogens is 242 g/mol. The first kappa shape index (κ1) is 13.0. The van der Waals surface area contributed by atoms with Gasteiger partial charge in [0.15, 0.2) is 5.78 Å². The van der Waals surface area contributed by atoms with Crippen LogP contribution in [0.15, 0.2) is 54.6 Å². The first-order valence-corrected chi connectivity index (χ1v) is 5.77. The minimum absolute atomic E-state index is 0.152. The van der Waals surface area contributed by atoms with Gasteiger partial charge in [-0.1, -0.05) is 48.5 Å². The van der Waals surface area contributed by atoms with E-state index >= 15 is 0 Å². The molecule has 0 radical (unpaired) electrons. The van der Waals surface area contributed by atoms with Crippen molar-refractivity contribution in [1.82, 2.24) is 0 Å². The SMILES string of the molecule is NC(=O)c1ccccc1C(O)C(=O)c1ccccc1. The third-order valence-corrected chi connectivity index (χ3v) is 2.83. The van der Waals surface area contributed by atoms with Crippen LogP contribution in [-0.4, -0.2) is 16.8 Å². The van der Waals surface area contributed by atoms with E-state index in [-0.39, 0.29) is 11.1 Å². The van der Waals surface area contributed by atoms with Crippen LogP contribution in [0.4, 0.5) is 0 Å². The number of Topliss-reactive ketones (excluding diaryl/α,β-unsaturated/α-hetero) is 1. The number of ketones is 1. The number of hydrogen-bond donors (Lipinski definition) is 2. The summed E-state index contributed by atoms with van der Waals surface area (Å²) in [5.74, 6) is -1.13. The van der Waals surface area contributed by atoms with E-state index in [2.05, 4.69) is 0 Å². The molecule has 0 aliphatic heterocycles. The molecule has 1 amide bonds. The summed E-state index contributed by atoms with van der Waals surface area (Å²) in [6.45, 7) is 0. The van der Waals surface area contributed by atoms with Crippen LogP contribution in [0.5, 0.6) is 0 Å². The molecule has 0 aliphatic carbocycles. The summed E-state index contributed by atoms with van der Waals surface area (Å²) in [7, 11) is 0. The Morgan fingerprint density at radius 1 is 0.947 bits per heavy atom. The fourth-order valence-corrected chi connectivity index (χ4v) is 1.86. The topological polar surface area (TPSA) is 80.4 Å². The second-order valence-electron chi connectivity index (χ2n) is 4.08. The first-order chi connectivity index (χ1) is 9.11. The van der Waals surface area contributed by atoms with Gasteiger partial charge < -0.3 is 10.8 Å². The van der Waals surface area contributed by atoms with E-state index in [1.807, 2.05) is 0 Å². The Kier molecular flexibility index (Phi) is 3.73. The molecule has 0 aromatic heterocycles. The van der Waals surface area contributed by atoms with Crippen molar-refractivity contribution in [2.45, 2.75) is 6.10 Å². The molecule has 4 heteroatoms. The van der Waals surface area contributed by atoms with Gasteiger partial charge in [-0.05, 0) is 6.07 Å². The summed E-state index contributed by atoms with van der Waals surface area (Å²) >= 11 is 0. The van der Waals surface area contributed by atoms with Crippen molar-refractivity contribution in [2.75, 3.05) is 0 Å². The normalized spacial score (nSPS) is 11.8. The Hall–Kier alpha value is -2.46. The van der Waals surface area contributed by atoms with Crippen molar-refractivity contribution in [1.29, 1.82) is 0 Å². The molecule has 4 nitrogen and oxygen atoms in total. The molecule has 19 heavy (non-hydrogen) atoms. The van der Waals surface area contributed by atoms with E-state index in [0.717, 1.165) is 0 Å². The molecule has 0 spiro atoms. The molecule has 0 bridgehead atoms. The Labute approximate surface area is 110 Å². The van der Waals surface area contributed by atoms with Crippen LogP contribution in [0.1, 0.15) is 32.4 Å². The van der Waals surface area contributed by atoms with Crippen molar-refractivity contribution < 1.29 is 14.7 Å². The monoisotopic (exact) mass is 255 g/mol. The number of rotatable bonds is 4. The molecule has 0 saturated heterocycles. The number of hydrogen-bond acceptors (Lipinski definition) is 3.